The van der Waals surface area contributed by atoms with Gasteiger partial charge in [0.15, 0.2) is 6.10 Å². The number of ether oxygens (including phenoxy) is 1. The number of carbonyl (C=O) groups excluding carboxylic acids is 2. The van der Waals surface area contributed by atoms with Crippen LogP contribution in [0, 0.1) is 0 Å². The Labute approximate surface area is 243 Å². The van der Waals surface area contributed by atoms with Crippen LogP contribution in [0.1, 0.15) is 17.2 Å². The number of fused-ring (bicyclic) bond motifs is 2. The molecule has 0 radical (unpaired) electrons. The molecule has 4 aromatic rings. The number of benzene rings is 2. The Balaban J connectivity index is 1.41. The van der Waals surface area contributed by atoms with Crippen molar-refractivity contribution in [2.75, 3.05) is 5.75 Å². The highest BCUT2D eigenvalue weighted by molar-refractivity contribution is 9.10. The summed E-state index contributed by atoms with van der Waals surface area (Å²) < 4.78 is 8.90. The molecule has 0 aliphatic carbocycles. The van der Waals surface area contributed by atoms with Crippen LogP contribution >= 0.6 is 62.1 Å². The molecule has 11 heteroatoms. The van der Waals surface area contributed by atoms with Crippen LogP contribution in [0.15, 0.2) is 96.2 Å². The SMILES string of the molecule is N[C@@H]1C(=O)N2C(C(=O)OC(c3ccccc3)c3ccccc3)=C(Sc3sc4ccsc4c(=O)c3Br)CS[C@H]12. The topological polar surface area (TPSA) is 89.7 Å². The Bertz CT molecular complexity index is 1600. The summed E-state index contributed by atoms with van der Waals surface area (Å²) in [6.07, 6.45) is -0.660. The van der Waals surface area contributed by atoms with E-state index in [1.54, 1.807) is 0 Å². The molecule has 2 aliphatic heterocycles. The molecule has 1 fully saturated rings. The van der Waals surface area contributed by atoms with Gasteiger partial charge in [-0.05, 0) is 38.5 Å². The summed E-state index contributed by atoms with van der Waals surface area (Å²) in [5.74, 6) is -0.451. The summed E-state index contributed by atoms with van der Waals surface area (Å²) in [6, 6.07) is 20.3. The third-order valence-electron chi connectivity index (χ3n) is 6.23. The molecule has 192 valence electrons. The van der Waals surface area contributed by atoms with Gasteiger partial charge in [0.05, 0.1) is 18.1 Å². The van der Waals surface area contributed by atoms with Crippen LogP contribution < -0.4 is 11.2 Å². The van der Waals surface area contributed by atoms with Crippen molar-refractivity contribution in [3.63, 3.8) is 0 Å². The van der Waals surface area contributed by atoms with Crippen LogP contribution in [-0.4, -0.2) is 33.9 Å². The van der Waals surface area contributed by atoms with Crippen LogP contribution in [0.3, 0.4) is 0 Å². The number of thioether (sulfide) groups is 2. The molecule has 2 aromatic heterocycles. The summed E-state index contributed by atoms with van der Waals surface area (Å²) in [4.78, 5) is 41.8. The lowest BCUT2D eigenvalue weighted by Crippen LogP contribution is -2.68. The van der Waals surface area contributed by atoms with E-state index in [0.29, 0.717) is 19.8 Å². The van der Waals surface area contributed by atoms with Gasteiger partial charge in [-0.15, -0.1) is 34.4 Å². The van der Waals surface area contributed by atoms with Gasteiger partial charge in [0.25, 0.3) is 0 Å². The summed E-state index contributed by atoms with van der Waals surface area (Å²) in [5.41, 5.74) is 7.82. The largest absolute Gasteiger partial charge is 0.448 e. The first-order valence-electron chi connectivity index (χ1n) is 11.6. The zero-order valence-electron chi connectivity index (χ0n) is 19.5. The predicted molar refractivity (Wildman–Crippen MR) is 158 cm³/mol. The molecule has 2 aliphatic rings. The van der Waals surface area contributed by atoms with Gasteiger partial charge in [0.2, 0.25) is 11.3 Å². The van der Waals surface area contributed by atoms with Gasteiger partial charge in [-0.2, -0.15) is 0 Å². The number of carbonyl (C=O) groups is 2. The van der Waals surface area contributed by atoms with E-state index in [-0.39, 0.29) is 22.4 Å². The van der Waals surface area contributed by atoms with E-state index < -0.39 is 18.1 Å². The van der Waals surface area contributed by atoms with Crippen LogP contribution in [0.2, 0.25) is 0 Å². The van der Waals surface area contributed by atoms with Gasteiger partial charge in [0, 0.05) is 10.7 Å². The maximum absolute atomic E-state index is 13.9. The Hall–Kier alpha value is -2.41. The maximum Gasteiger partial charge on any atom is 0.356 e. The second-order valence-corrected chi connectivity index (χ2v) is 13.8. The van der Waals surface area contributed by atoms with Crippen LogP contribution in [0.5, 0.6) is 0 Å². The van der Waals surface area contributed by atoms with Gasteiger partial charge in [-0.1, -0.05) is 72.4 Å². The zero-order valence-corrected chi connectivity index (χ0v) is 24.4. The van der Waals surface area contributed by atoms with Crippen molar-refractivity contribution in [2.24, 2.45) is 5.73 Å². The predicted octanol–water partition coefficient (Wildman–Crippen LogP) is 5.96. The molecule has 2 aromatic carbocycles. The number of esters is 1. The Kier molecular flexibility index (Phi) is 7.23. The number of halogens is 1. The Morgan fingerprint density at radius 1 is 1.05 bits per heavy atom. The van der Waals surface area contributed by atoms with Crippen molar-refractivity contribution < 1.29 is 14.3 Å². The number of hydrogen-bond donors (Lipinski definition) is 1. The molecule has 2 atom stereocenters. The second-order valence-electron chi connectivity index (χ2n) is 8.56. The minimum Gasteiger partial charge on any atom is -0.448 e. The van der Waals surface area contributed by atoms with Crippen molar-refractivity contribution in [3.05, 3.63) is 109 Å². The zero-order chi connectivity index (χ0) is 26.4. The molecule has 0 unspecified atom stereocenters. The second kappa shape index (κ2) is 10.6. The summed E-state index contributed by atoms with van der Waals surface area (Å²) >= 11 is 9.18. The van der Waals surface area contributed by atoms with E-state index >= 15 is 0 Å². The van der Waals surface area contributed by atoms with Gasteiger partial charge in [-0.3, -0.25) is 14.5 Å². The number of rotatable bonds is 6. The molecule has 1 amide bonds. The lowest BCUT2D eigenvalue weighted by molar-refractivity contribution is -0.152. The van der Waals surface area contributed by atoms with E-state index in [1.807, 2.05) is 72.1 Å². The highest BCUT2D eigenvalue weighted by atomic mass is 79.9. The highest BCUT2D eigenvalue weighted by Gasteiger charge is 2.52. The molecule has 4 heterocycles. The van der Waals surface area contributed by atoms with Gasteiger partial charge in [-0.25, -0.2) is 4.79 Å². The molecular formula is C27H19BrN2O4S4. The average molecular weight is 644 g/mol. The molecule has 6 nitrogen and oxygen atoms in total. The van der Waals surface area contributed by atoms with Crippen molar-refractivity contribution in [1.29, 1.82) is 0 Å². The number of hydrogen-bond acceptors (Lipinski definition) is 9. The van der Waals surface area contributed by atoms with E-state index in [9.17, 15) is 14.4 Å². The summed E-state index contributed by atoms with van der Waals surface area (Å²) in [7, 11) is 0. The number of nitrogens with zero attached hydrogens (tertiary/aromatic N) is 1. The molecule has 1 saturated heterocycles. The van der Waals surface area contributed by atoms with Crippen molar-refractivity contribution in [3.8, 4) is 0 Å². The minimum absolute atomic E-state index is 0.0856. The van der Waals surface area contributed by atoms with Crippen molar-refractivity contribution in [2.45, 2.75) is 21.7 Å². The maximum atomic E-state index is 13.9. The quantitative estimate of drug-likeness (QED) is 0.205. The van der Waals surface area contributed by atoms with Gasteiger partial charge in [0.1, 0.15) is 17.1 Å². The lowest BCUT2D eigenvalue weighted by atomic mass is 10.0. The number of nitrogens with two attached hydrogens (primary N) is 1. The van der Waals surface area contributed by atoms with E-state index in [2.05, 4.69) is 15.9 Å². The van der Waals surface area contributed by atoms with E-state index in [1.165, 1.54) is 51.1 Å². The first-order valence-corrected chi connectivity index (χ1v) is 15.9. The fourth-order valence-electron chi connectivity index (χ4n) is 4.36. The first-order chi connectivity index (χ1) is 18.4. The number of thiophene rings is 1. The minimum atomic E-state index is -0.668. The monoisotopic (exact) mass is 642 g/mol. The van der Waals surface area contributed by atoms with E-state index in [0.717, 1.165) is 20.0 Å². The molecular weight excluding hydrogens is 624 g/mol. The highest BCUT2D eigenvalue weighted by Crippen LogP contribution is 2.48. The smallest absolute Gasteiger partial charge is 0.356 e. The Morgan fingerprint density at radius 3 is 2.37 bits per heavy atom. The van der Waals surface area contributed by atoms with Crippen LogP contribution in [-0.2, 0) is 14.3 Å². The molecule has 2 N–H and O–H groups in total. The lowest BCUT2D eigenvalue weighted by Gasteiger charge is -2.48. The van der Waals surface area contributed by atoms with Gasteiger partial charge >= 0.3 is 5.97 Å². The van der Waals surface area contributed by atoms with Crippen molar-refractivity contribution in [1.82, 2.24) is 4.90 Å². The van der Waals surface area contributed by atoms with Crippen LogP contribution in [0.4, 0.5) is 0 Å². The molecule has 0 spiro atoms. The number of amides is 1. The molecule has 6 rings (SSSR count). The van der Waals surface area contributed by atoms with Gasteiger partial charge < -0.3 is 10.5 Å². The number of β-lactam (4-membered cyclic amide) rings is 1. The Morgan fingerprint density at radius 2 is 1.71 bits per heavy atom. The standard InChI is InChI=1S/C27H19BrN2O4S4/c28-18-21(31)23-16(11-12-35-23)37-27(18)38-17-13-36-25-19(29)24(32)30(25)20(17)26(33)34-22(14-7-3-1-4-8-14)15-9-5-2-6-10-15/h1-12,19,22,25H,13,29H2/t19-,25-/m1/s1. The first kappa shape index (κ1) is 25.8. The van der Waals surface area contributed by atoms with Crippen molar-refractivity contribution >= 4 is 83.4 Å². The third kappa shape index (κ3) is 4.55. The summed E-state index contributed by atoms with van der Waals surface area (Å²) in [5, 5.41) is 1.56. The molecule has 38 heavy (non-hydrogen) atoms. The fourth-order valence-corrected chi connectivity index (χ4v) is 9.97. The molecule has 0 bridgehead atoms. The third-order valence-corrected chi connectivity index (χ3v) is 12.5. The van der Waals surface area contributed by atoms with E-state index in [4.69, 9.17) is 10.5 Å². The normalized spacial score (nSPS) is 19.0. The van der Waals surface area contributed by atoms with Crippen LogP contribution in [0.25, 0.3) is 9.40 Å². The summed E-state index contributed by atoms with van der Waals surface area (Å²) in [6.45, 7) is 0. The fraction of sp³-hybridized carbons (Fsp3) is 0.148. The molecule has 0 saturated carbocycles. The average Bonchev–Trinajstić information content (AvgIpc) is 3.43.